The number of unbranched alkanes of at least 4 members (excludes halogenated alkanes) is 4. The number of esters is 2. The minimum atomic E-state index is -0.846. The summed E-state index contributed by atoms with van der Waals surface area (Å²) in [5, 5.41) is 30.9. The SMILES string of the molecule is CCOC(=O)C(=NO)C(C)=NNC(=O)CCCCCCCC(=O)NN=C(C)C(=NO)C(=O)OCC. The zero-order valence-corrected chi connectivity index (χ0v) is 20.5. The van der Waals surface area contributed by atoms with Gasteiger partial charge in [-0.15, -0.1) is 0 Å². The van der Waals surface area contributed by atoms with Crippen molar-refractivity contribution >= 4 is 46.6 Å². The second-order valence-electron chi connectivity index (χ2n) is 7.07. The van der Waals surface area contributed by atoms with Crippen molar-refractivity contribution in [2.45, 2.75) is 72.6 Å². The molecule has 14 heteroatoms. The van der Waals surface area contributed by atoms with E-state index >= 15 is 0 Å². The van der Waals surface area contributed by atoms with E-state index in [1.54, 1.807) is 13.8 Å². The van der Waals surface area contributed by atoms with E-state index in [2.05, 4.69) is 31.4 Å². The Morgan fingerprint density at radius 2 is 1.00 bits per heavy atom. The molecule has 0 heterocycles. The zero-order valence-electron chi connectivity index (χ0n) is 20.5. The Morgan fingerprint density at radius 3 is 1.31 bits per heavy atom. The molecule has 0 atom stereocenters. The summed E-state index contributed by atoms with van der Waals surface area (Å²) in [5.74, 6) is -2.40. The minimum absolute atomic E-state index is 0.0119. The van der Waals surface area contributed by atoms with Crippen LogP contribution in [0.3, 0.4) is 0 Å². The van der Waals surface area contributed by atoms with Gasteiger partial charge < -0.3 is 19.9 Å². The van der Waals surface area contributed by atoms with Crippen LogP contribution in [-0.4, -0.2) is 70.2 Å². The summed E-state index contributed by atoms with van der Waals surface area (Å²) in [5.41, 5.74) is 3.82. The molecule has 0 aromatic carbocycles. The lowest BCUT2D eigenvalue weighted by molar-refractivity contribution is -0.135. The molecular weight excluding hydrogens is 464 g/mol. The highest BCUT2D eigenvalue weighted by atomic mass is 16.5. The molecule has 0 rings (SSSR count). The molecule has 0 radical (unpaired) electrons. The van der Waals surface area contributed by atoms with Gasteiger partial charge in [-0.2, -0.15) is 10.2 Å². The maximum absolute atomic E-state index is 11.9. The number of carbonyl (C=O) groups excluding carboxylic acids is 4. The number of nitrogens with zero attached hydrogens (tertiary/aromatic N) is 4. The second kappa shape index (κ2) is 18.6. The van der Waals surface area contributed by atoms with Crippen molar-refractivity contribution in [3.63, 3.8) is 0 Å². The number of ether oxygens (including phenoxy) is 2. The lowest BCUT2D eigenvalue weighted by atomic mass is 10.1. The van der Waals surface area contributed by atoms with Crippen LogP contribution in [-0.2, 0) is 28.7 Å². The standard InChI is InChI=1S/C21H34N6O8/c1-5-34-20(30)18(26-32)14(3)22-24-16(28)12-10-8-7-9-11-13-17(29)25-23-15(4)19(27-33)21(31)35-6-2/h32-33H,5-13H2,1-4H3,(H,24,28)(H,25,29). The van der Waals surface area contributed by atoms with E-state index in [4.69, 9.17) is 19.9 Å². The average Bonchev–Trinajstić information content (AvgIpc) is 2.82. The van der Waals surface area contributed by atoms with Crippen LogP contribution in [0.25, 0.3) is 0 Å². The molecular formula is C21H34N6O8. The molecule has 0 saturated heterocycles. The van der Waals surface area contributed by atoms with E-state index in [0.29, 0.717) is 12.8 Å². The third-order valence-electron chi connectivity index (χ3n) is 4.33. The van der Waals surface area contributed by atoms with Gasteiger partial charge in [-0.05, 0) is 40.5 Å². The predicted molar refractivity (Wildman–Crippen MR) is 127 cm³/mol. The van der Waals surface area contributed by atoms with E-state index in [9.17, 15) is 19.2 Å². The predicted octanol–water partition coefficient (Wildman–Crippen LogP) is 1.49. The molecule has 0 bridgehead atoms. The lowest BCUT2D eigenvalue weighted by Gasteiger charge is -2.05. The first-order valence-electron chi connectivity index (χ1n) is 11.2. The highest BCUT2D eigenvalue weighted by Crippen LogP contribution is 2.07. The molecule has 0 aromatic heterocycles. The maximum Gasteiger partial charge on any atom is 0.362 e. The first-order valence-corrected chi connectivity index (χ1v) is 11.2. The molecule has 0 unspecified atom stereocenters. The smallest absolute Gasteiger partial charge is 0.362 e. The fraction of sp³-hybridized carbons (Fsp3) is 0.619. The van der Waals surface area contributed by atoms with Crippen LogP contribution in [0, 0.1) is 0 Å². The number of amides is 2. The number of carbonyl (C=O) groups is 4. The third-order valence-corrected chi connectivity index (χ3v) is 4.33. The van der Waals surface area contributed by atoms with Crippen molar-refractivity contribution in [1.82, 2.24) is 10.9 Å². The van der Waals surface area contributed by atoms with Crippen molar-refractivity contribution in [2.75, 3.05) is 13.2 Å². The Bertz CT molecular complexity index is 783. The van der Waals surface area contributed by atoms with Gasteiger partial charge in [-0.1, -0.05) is 29.6 Å². The molecule has 0 aliphatic rings. The molecule has 0 saturated carbocycles. The molecule has 0 aromatic rings. The highest BCUT2D eigenvalue weighted by Gasteiger charge is 2.18. The minimum Gasteiger partial charge on any atom is -0.461 e. The molecule has 2 amide bonds. The molecule has 0 spiro atoms. The monoisotopic (exact) mass is 498 g/mol. The molecule has 35 heavy (non-hydrogen) atoms. The molecule has 0 aliphatic carbocycles. The fourth-order valence-electron chi connectivity index (χ4n) is 2.53. The highest BCUT2D eigenvalue weighted by molar-refractivity contribution is 6.65. The van der Waals surface area contributed by atoms with Crippen molar-refractivity contribution in [3.8, 4) is 0 Å². The first kappa shape index (κ1) is 31.2. The largest absolute Gasteiger partial charge is 0.461 e. The van der Waals surface area contributed by atoms with Gasteiger partial charge in [0.05, 0.1) is 24.6 Å². The van der Waals surface area contributed by atoms with E-state index < -0.39 is 23.4 Å². The molecule has 14 nitrogen and oxygen atoms in total. The van der Waals surface area contributed by atoms with Gasteiger partial charge in [0.1, 0.15) is 0 Å². The van der Waals surface area contributed by atoms with Gasteiger partial charge in [0.15, 0.2) is 0 Å². The molecule has 4 N–H and O–H groups in total. The Hall–Kier alpha value is -3.84. The van der Waals surface area contributed by atoms with Crippen LogP contribution in [0.5, 0.6) is 0 Å². The van der Waals surface area contributed by atoms with E-state index in [1.165, 1.54) is 13.8 Å². The number of rotatable bonds is 16. The van der Waals surface area contributed by atoms with Crippen LogP contribution in [0.4, 0.5) is 0 Å². The van der Waals surface area contributed by atoms with E-state index in [-0.39, 0.29) is 49.3 Å². The second-order valence-corrected chi connectivity index (χ2v) is 7.07. The van der Waals surface area contributed by atoms with Gasteiger partial charge >= 0.3 is 11.9 Å². The number of hydrazone groups is 2. The molecule has 0 aliphatic heterocycles. The van der Waals surface area contributed by atoms with Crippen LogP contribution in [0.1, 0.15) is 72.6 Å². The van der Waals surface area contributed by atoms with E-state index in [1.807, 2.05) is 0 Å². The summed E-state index contributed by atoms with van der Waals surface area (Å²) in [4.78, 5) is 46.9. The van der Waals surface area contributed by atoms with Gasteiger partial charge in [0.2, 0.25) is 23.2 Å². The number of hydrogen-bond donors (Lipinski definition) is 4. The fourth-order valence-corrected chi connectivity index (χ4v) is 2.53. The first-order chi connectivity index (χ1) is 16.7. The summed E-state index contributed by atoms with van der Waals surface area (Å²) in [7, 11) is 0. The maximum atomic E-state index is 11.9. The Kier molecular flexibility index (Phi) is 16.5. The van der Waals surface area contributed by atoms with E-state index in [0.717, 1.165) is 19.3 Å². The van der Waals surface area contributed by atoms with Crippen LogP contribution < -0.4 is 10.9 Å². The lowest BCUT2D eigenvalue weighted by Crippen LogP contribution is -2.28. The summed E-state index contributed by atoms with van der Waals surface area (Å²) < 4.78 is 9.44. The third kappa shape index (κ3) is 13.5. The Labute approximate surface area is 203 Å². The summed E-state index contributed by atoms with van der Waals surface area (Å²) >= 11 is 0. The summed E-state index contributed by atoms with van der Waals surface area (Å²) in [6, 6.07) is 0. The normalized spacial score (nSPS) is 12.7. The Balaban J connectivity index is 4.15. The van der Waals surface area contributed by atoms with Crippen LogP contribution >= 0.6 is 0 Å². The van der Waals surface area contributed by atoms with Gasteiger partial charge in [-0.3, -0.25) is 9.59 Å². The molecule has 196 valence electrons. The topological polar surface area (TPSA) is 201 Å². The van der Waals surface area contributed by atoms with Gasteiger partial charge in [-0.25, -0.2) is 20.4 Å². The average molecular weight is 499 g/mol. The van der Waals surface area contributed by atoms with Crippen LogP contribution in [0.2, 0.25) is 0 Å². The van der Waals surface area contributed by atoms with Crippen molar-refractivity contribution in [2.24, 2.45) is 20.5 Å². The van der Waals surface area contributed by atoms with Crippen molar-refractivity contribution < 1.29 is 39.1 Å². The van der Waals surface area contributed by atoms with Crippen molar-refractivity contribution in [1.29, 1.82) is 0 Å². The van der Waals surface area contributed by atoms with Crippen molar-refractivity contribution in [3.05, 3.63) is 0 Å². The summed E-state index contributed by atoms with van der Waals surface area (Å²) in [6.07, 6.45) is 3.96. The zero-order chi connectivity index (χ0) is 26.6. The van der Waals surface area contributed by atoms with Crippen LogP contribution in [0.15, 0.2) is 20.5 Å². The van der Waals surface area contributed by atoms with Gasteiger partial charge in [0, 0.05) is 12.8 Å². The summed E-state index contributed by atoms with van der Waals surface area (Å²) in [6.45, 7) is 6.21. The number of nitrogens with one attached hydrogen (secondary N) is 2. The number of oxime groups is 2. The number of hydrogen-bond acceptors (Lipinski definition) is 12. The quantitative estimate of drug-likeness (QED) is 0.0805. The molecule has 0 fully saturated rings. The Morgan fingerprint density at radius 1 is 0.657 bits per heavy atom. The van der Waals surface area contributed by atoms with Gasteiger partial charge in [0.25, 0.3) is 0 Å².